The normalized spacial score (nSPS) is 17.6. The summed E-state index contributed by atoms with van der Waals surface area (Å²) in [5.41, 5.74) is 10.3. The Hall–Kier alpha value is -6.06. The molecule has 10 rings (SSSR count). The van der Waals surface area contributed by atoms with Gasteiger partial charge in [0.15, 0.2) is 0 Å². The van der Waals surface area contributed by atoms with E-state index in [9.17, 15) is 0 Å². The van der Waals surface area contributed by atoms with Crippen LogP contribution in [0.4, 0.5) is 5.69 Å². The van der Waals surface area contributed by atoms with Crippen molar-refractivity contribution in [2.45, 2.75) is 31.6 Å². The maximum Gasteiger partial charge on any atom is 0.136 e. The quantitative estimate of drug-likeness (QED) is 0.186. The molecule has 8 aromatic rings. The molecule has 240 valence electrons. The molecule has 1 unspecified atom stereocenters. The van der Waals surface area contributed by atoms with Crippen molar-refractivity contribution in [3.8, 4) is 5.69 Å². The van der Waals surface area contributed by atoms with Crippen LogP contribution >= 0.6 is 0 Å². The average Bonchev–Trinajstić information content (AvgIpc) is 3.73. The molecule has 0 N–H and O–H groups in total. The van der Waals surface area contributed by atoms with Gasteiger partial charge in [0.25, 0.3) is 0 Å². The van der Waals surface area contributed by atoms with Crippen LogP contribution in [-0.2, 0) is 5.41 Å². The van der Waals surface area contributed by atoms with Gasteiger partial charge in [-0.15, -0.1) is 0 Å². The lowest BCUT2D eigenvalue weighted by atomic mass is 9.76. The minimum absolute atomic E-state index is 0.136. The number of nitrogens with zero attached hydrogens (tertiary/aromatic N) is 2. The Morgan fingerprint density at radius 2 is 1.42 bits per heavy atom. The van der Waals surface area contributed by atoms with E-state index in [0.29, 0.717) is 0 Å². The minimum atomic E-state index is -0.136. The second kappa shape index (κ2) is 11.2. The van der Waals surface area contributed by atoms with Gasteiger partial charge in [-0.25, -0.2) is 0 Å². The summed E-state index contributed by atoms with van der Waals surface area (Å²) in [6, 6.07) is 45.9. The Morgan fingerprint density at radius 1 is 0.620 bits per heavy atom. The first-order valence-electron chi connectivity index (χ1n) is 17.6. The Bertz CT molecular complexity index is 2750. The average molecular weight is 645 g/mol. The molecule has 50 heavy (non-hydrogen) atoms. The molecule has 0 aliphatic heterocycles. The van der Waals surface area contributed by atoms with Gasteiger partial charge in [-0.1, -0.05) is 116 Å². The highest BCUT2D eigenvalue weighted by atomic mass is 16.3. The second-order valence-corrected chi connectivity index (χ2v) is 13.9. The van der Waals surface area contributed by atoms with Crippen molar-refractivity contribution in [2.75, 3.05) is 4.90 Å². The zero-order valence-corrected chi connectivity index (χ0v) is 28.0. The maximum absolute atomic E-state index is 6.19. The fraction of sp³-hybridized carbons (Fsp3) is 0.106. The van der Waals surface area contributed by atoms with E-state index in [-0.39, 0.29) is 5.41 Å². The first-order valence-corrected chi connectivity index (χ1v) is 17.6. The Kier molecular flexibility index (Phi) is 6.50. The van der Waals surface area contributed by atoms with Crippen molar-refractivity contribution in [1.29, 1.82) is 0 Å². The first kappa shape index (κ1) is 28.9. The van der Waals surface area contributed by atoms with Crippen molar-refractivity contribution >= 4 is 60.2 Å². The summed E-state index contributed by atoms with van der Waals surface area (Å²) in [5.74, 6) is 0. The third kappa shape index (κ3) is 4.43. The van der Waals surface area contributed by atoms with Gasteiger partial charge in [-0.2, -0.15) is 0 Å². The van der Waals surface area contributed by atoms with Gasteiger partial charge in [0.05, 0.1) is 16.7 Å². The number of benzene rings is 6. The molecule has 0 fully saturated rings. The van der Waals surface area contributed by atoms with E-state index in [1.165, 1.54) is 71.7 Å². The topological polar surface area (TPSA) is 21.3 Å². The highest BCUT2D eigenvalue weighted by molar-refractivity contribution is 6.19. The van der Waals surface area contributed by atoms with Crippen molar-refractivity contribution in [2.24, 2.45) is 0 Å². The predicted molar refractivity (Wildman–Crippen MR) is 210 cm³/mol. The zero-order valence-electron chi connectivity index (χ0n) is 28.0. The Balaban J connectivity index is 1.08. The fourth-order valence-electron chi connectivity index (χ4n) is 8.25. The van der Waals surface area contributed by atoms with E-state index in [4.69, 9.17) is 4.42 Å². The number of para-hydroxylation sites is 3. The van der Waals surface area contributed by atoms with E-state index in [0.717, 1.165) is 30.4 Å². The molecule has 2 aromatic heterocycles. The van der Waals surface area contributed by atoms with Crippen molar-refractivity contribution in [3.63, 3.8) is 0 Å². The molecule has 6 aromatic carbocycles. The summed E-state index contributed by atoms with van der Waals surface area (Å²) in [6.45, 7) is 2.36. The van der Waals surface area contributed by atoms with E-state index in [2.05, 4.69) is 174 Å². The van der Waals surface area contributed by atoms with Gasteiger partial charge in [0.1, 0.15) is 11.2 Å². The molecule has 3 heteroatoms. The molecule has 0 spiro atoms. The number of rotatable bonds is 5. The maximum atomic E-state index is 6.19. The zero-order chi connectivity index (χ0) is 33.2. The number of hydrogen-bond donors (Lipinski definition) is 0. The monoisotopic (exact) mass is 644 g/mol. The van der Waals surface area contributed by atoms with E-state index in [1.54, 1.807) is 0 Å². The molecule has 0 bridgehead atoms. The Morgan fingerprint density at radius 3 is 2.26 bits per heavy atom. The molecule has 0 radical (unpaired) electrons. The van der Waals surface area contributed by atoms with Crippen LogP contribution in [0.1, 0.15) is 31.7 Å². The van der Waals surface area contributed by atoms with Gasteiger partial charge >= 0.3 is 0 Å². The second-order valence-electron chi connectivity index (χ2n) is 13.9. The molecule has 0 saturated heterocycles. The van der Waals surface area contributed by atoms with Crippen molar-refractivity contribution < 1.29 is 4.42 Å². The van der Waals surface area contributed by atoms with Crippen LogP contribution in [0.2, 0.25) is 0 Å². The molecule has 3 nitrogen and oxygen atoms in total. The minimum Gasteiger partial charge on any atom is -0.456 e. The summed E-state index contributed by atoms with van der Waals surface area (Å²) >= 11 is 0. The molecule has 2 heterocycles. The van der Waals surface area contributed by atoms with Crippen LogP contribution in [0.15, 0.2) is 180 Å². The molecule has 1 atom stereocenters. The lowest BCUT2D eigenvalue weighted by Crippen LogP contribution is -2.26. The van der Waals surface area contributed by atoms with Gasteiger partial charge in [0, 0.05) is 44.0 Å². The van der Waals surface area contributed by atoms with Gasteiger partial charge in [-0.3, -0.25) is 0 Å². The standard InChI is InChI=1S/C47H36N2O/c1-47(33-24-25-37-32(31-33)23-26-44-45(37)39-18-9-11-22-43(39)50-44)29-27-36(28-30-47)48(34-13-4-2-5-14-34)41-20-12-21-42-46(41)38-17-8-10-19-40(38)49(42)35-15-6-3-7-16-35/h3-4,6-29,31H,2,5,30H2,1H3. The van der Waals surface area contributed by atoms with E-state index >= 15 is 0 Å². The number of aromatic nitrogens is 1. The highest BCUT2D eigenvalue weighted by Crippen LogP contribution is 2.44. The SMILES string of the molecule is CC1(c2ccc3c(ccc4oc5ccccc5c43)c2)C=CC(N(C2=CCCC=C2)c2cccc3c2c2ccccc2n3-c2ccccc2)=CC1. The molecule has 0 saturated carbocycles. The van der Waals surface area contributed by atoms with Crippen molar-refractivity contribution in [1.82, 2.24) is 4.57 Å². The highest BCUT2D eigenvalue weighted by Gasteiger charge is 2.29. The predicted octanol–water partition coefficient (Wildman–Crippen LogP) is 12.7. The fourth-order valence-corrected chi connectivity index (χ4v) is 8.25. The van der Waals surface area contributed by atoms with E-state index < -0.39 is 0 Å². The molecular formula is C47H36N2O. The van der Waals surface area contributed by atoms with Gasteiger partial charge < -0.3 is 13.9 Å². The molecular weight excluding hydrogens is 609 g/mol. The summed E-state index contributed by atoms with van der Waals surface area (Å²) in [7, 11) is 0. The van der Waals surface area contributed by atoms with Crippen LogP contribution in [-0.4, -0.2) is 4.57 Å². The number of hydrogen-bond acceptors (Lipinski definition) is 2. The summed E-state index contributed by atoms with van der Waals surface area (Å²) < 4.78 is 8.59. The third-order valence-corrected chi connectivity index (χ3v) is 10.8. The molecule has 2 aliphatic rings. The first-order chi connectivity index (χ1) is 24.7. The van der Waals surface area contributed by atoms with Gasteiger partial charge in [0.2, 0.25) is 0 Å². The molecule has 2 aliphatic carbocycles. The lowest BCUT2D eigenvalue weighted by molar-refractivity contribution is 0.596. The van der Waals surface area contributed by atoms with Crippen LogP contribution in [0.5, 0.6) is 0 Å². The number of anilines is 1. The van der Waals surface area contributed by atoms with Crippen molar-refractivity contribution in [3.05, 3.63) is 181 Å². The third-order valence-electron chi connectivity index (χ3n) is 10.8. The lowest BCUT2D eigenvalue weighted by Gasteiger charge is -2.34. The van der Waals surface area contributed by atoms with Crippen LogP contribution in [0.3, 0.4) is 0 Å². The summed E-state index contributed by atoms with van der Waals surface area (Å²) in [5, 5.41) is 7.37. The van der Waals surface area contributed by atoms with E-state index in [1.807, 2.05) is 6.07 Å². The van der Waals surface area contributed by atoms with Crippen LogP contribution in [0, 0.1) is 0 Å². The summed E-state index contributed by atoms with van der Waals surface area (Å²) in [4.78, 5) is 2.48. The number of furan rings is 1. The van der Waals surface area contributed by atoms with Crippen LogP contribution < -0.4 is 4.90 Å². The number of fused-ring (bicyclic) bond motifs is 8. The largest absolute Gasteiger partial charge is 0.456 e. The molecule has 0 amide bonds. The smallest absolute Gasteiger partial charge is 0.136 e. The van der Waals surface area contributed by atoms with Gasteiger partial charge in [-0.05, 0) is 90.2 Å². The van der Waals surface area contributed by atoms with Crippen LogP contribution in [0.25, 0.3) is 60.2 Å². The summed E-state index contributed by atoms with van der Waals surface area (Å²) in [6.07, 6.45) is 17.2. The number of allylic oxidation sites excluding steroid dienone is 6. The Labute approximate surface area is 291 Å².